The number of aromatic nitrogens is 3. The number of rotatable bonds is 5. The first-order chi connectivity index (χ1) is 17.1. The molecule has 1 aliphatic heterocycles. The molecule has 5 rings (SSSR count). The third-order valence-electron chi connectivity index (χ3n) is 6.14. The zero-order valence-electron chi connectivity index (χ0n) is 20.1. The molecule has 0 saturated carbocycles. The van der Waals surface area contributed by atoms with Gasteiger partial charge in [0.25, 0.3) is 5.91 Å². The van der Waals surface area contributed by atoms with Crippen LogP contribution in [0.3, 0.4) is 0 Å². The van der Waals surface area contributed by atoms with Crippen LogP contribution in [0.5, 0.6) is 11.6 Å². The number of imidazole rings is 1. The smallest absolute Gasteiger partial charge is 0.268 e. The molecule has 0 fully saturated rings. The maximum absolute atomic E-state index is 15.3. The highest BCUT2D eigenvalue weighted by Crippen LogP contribution is 2.41. The normalized spacial score (nSPS) is 17.0. The predicted octanol–water partition coefficient (Wildman–Crippen LogP) is 4.20. The summed E-state index contributed by atoms with van der Waals surface area (Å²) in [7, 11) is -1.45. The van der Waals surface area contributed by atoms with Crippen LogP contribution in [-0.2, 0) is 21.1 Å². The van der Waals surface area contributed by atoms with E-state index < -0.39 is 21.7 Å². The fraction of sp³-hybridized carbons (Fsp3) is 0.240. The highest BCUT2D eigenvalue weighted by molar-refractivity contribution is 7.91. The Morgan fingerprint density at radius 3 is 2.75 bits per heavy atom. The summed E-state index contributed by atoms with van der Waals surface area (Å²) in [6.07, 6.45) is 3.71. The second-order valence-electron chi connectivity index (χ2n) is 8.66. The fourth-order valence-electron chi connectivity index (χ4n) is 4.26. The van der Waals surface area contributed by atoms with Crippen molar-refractivity contribution in [1.82, 2.24) is 14.4 Å². The lowest BCUT2D eigenvalue weighted by Gasteiger charge is -2.33. The van der Waals surface area contributed by atoms with Crippen molar-refractivity contribution in [3.05, 3.63) is 66.0 Å². The molecular formula is C25H24FN5O4S. The van der Waals surface area contributed by atoms with Gasteiger partial charge in [-0.3, -0.25) is 14.1 Å². The Bertz CT molecular complexity index is 1630. The number of hydrogen-bond acceptors (Lipinski definition) is 7. The number of ether oxygens (including phenoxy) is 2. The van der Waals surface area contributed by atoms with Crippen LogP contribution in [-0.4, -0.2) is 44.0 Å². The van der Waals surface area contributed by atoms with Crippen molar-refractivity contribution < 1.29 is 22.9 Å². The van der Waals surface area contributed by atoms with Crippen molar-refractivity contribution in [2.45, 2.75) is 31.4 Å². The largest absolute Gasteiger partial charge is 0.480 e. The van der Waals surface area contributed by atoms with Gasteiger partial charge in [-0.05, 0) is 49.2 Å². The van der Waals surface area contributed by atoms with Gasteiger partial charge in [0.05, 0.1) is 52.9 Å². The number of benzene rings is 2. The van der Waals surface area contributed by atoms with Gasteiger partial charge in [0.1, 0.15) is 0 Å². The van der Waals surface area contributed by atoms with E-state index >= 15 is 4.39 Å². The molecule has 0 radical (unpaired) electrons. The first kappa shape index (κ1) is 23.7. The van der Waals surface area contributed by atoms with E-state index in [2.05, 4.69) is 9.97 Å². The zero-order valence-corrected chi connectivity index (χ0v) is 20.9. The molecule has 1 N–H and O–H groups in total. The first-order valence-corrected chi connectivity index (χ1v) is 13.1. The minimum atomic E-state index is -2.96. The topological polar surface area (TPSA) is 110 Å². The Kier molecular flexibility index (Phi) is 5.67. The first-order valence-electron chi connectivity index (χ1n) is 11.1. The van der Waals surface area contributed by atoms with E-state index in [0.717, 1.165) is 0 Å². The quantitative estimate of drug-likeness (QED) is 0.432. The maximum Gasteiger partial charge on any atom is 0.268 e. The Morgan fingerprint density at radius 1 is 1.25 bits per heavy atom. The van der Waals surface area contributed by atoms with E-state index in [1.54, 1.807) is 54.0 Å². The summed E-state index contributed by atoms with van der Waals surface area (Å²) in [4.78, 5) is 23.8. The highest BCUT2D eigenvalue weighted by atomic mass is 32.2. The Hall–Kier alpha value is -3.99. The molecule has 9 nitrogen and oxygen atoms in total. The molecule has 186 valence electrons. The number of carbonyl (C=O) groups is 1. The van der Waals surface area contributed by atoms with E-state index in [-0.39, 0.29) is 23.9 Å². The lowest BCUT2D eigenvalue weighted by molar-refractivity contribution is -0.125. The number of nitrogens with zero attached hydrogens (tertiary/aromatic N) is 4. The minimum Gasteiger partial charge on any atom is -0.480 e. The van der Waals surface area contributed by atoms with Crippen LogP contribution in [0.15, 0.2) is 53.7 Å². The lowest BCUT2D eigenvalue weighted by Crippen LogP contribution is -2.44. The Labute approximate surface area is 207 Å². The van der Waals surface area contributed by atoms with Gasteiger partial charge in [0.2, 0.25) is 5.88 Å². The van der Waals surface area contributed by atoms with Crippen LogP contribution < -0.4 is 14.4 Å². The number of aryl methyl sites for hydroxylation is 1. The standard InChI is InChI=1S/C25H24FN5O4S/c1-14-21(30-13-23(34-3)28-11-22(30)29-14)12-31-20-10-17(9-19(26)24(20)35-15(2)25(31)32)16-6-5-7-18(8-16)36(4,27)33/h5-11,13,15,27H,12H2,1-4H3/t15-,36?/m1/s1. The second kappa shape index (κ2) is 8.59. The van der Waals surface area contributed by atoms with Crippen molar-refractivity contribution >= 4 is 27.0 Å². The molecule has 0 bridgehead atoms. The summed E-state index contributed by atoms with van der Waals surface area (Å²) in [5.41, 5.74) is 3.31. The number of amides is 1. The Balaban J connectivity index is 1.64. The number of halogens is 1. The van der Waals surface area contributed by atoms with Crippen LogP contribution in [0.1, 0.15) is 18.3 Å². The molecule has 11 heteroatoms. The predicted molar refractivity (Wildman–Crippen MR) is 132 cm³/mol. The lowest BCUT2D eigenvalue weighted by atomic mass is 10.0. The van der Waals surface area contributed by atoms with E-state index in [4.69, 9.17) is 14.3 Å². The summed E-state index contributed by atoms with van der Waals surface area (Å²) < 4.78 is 48.2. The van der Waals surface area contributed by atoms with Crippen molar-refractivity contribution in [3.63, 3.8) is 0 Å². The van der Waals surface area contributed by atoms with E-state index in [1.165, 1.54) is 24.3 Å². The monoisotopic (exact) mass is 509 g/mol. The third-order valence-corrected chi connectivity index (χ3v) is 7.30. The van der Waals surface area contributed by atoms with Crippen molar-refractivity contribution in [3.8, 4) is 22.8 Å². The molecule has 2 aromatic heterocycles. The van der Waals surface area contributed by atoms with Gasteiger partial charge < -0.3 is 9.47 Å². The molecule has 1 aliphatic rings. The van der Waals surface area contributed by atoms with Crippen molar-refractivity contribution in [2.75, 3.05) is 18.3 Å². The van der Waals surface area contributed by atoms with Gasteiger partial charge in [0, 0.05) is 11.2 Å². The van der Waals surface area contributed by atoms with Gasteiger partial charge in [-0.15, -0.1) is 0 Å². The number of methoxy groups -OCH3 is 1. The molecule has 36 heavy (non-hydrogen) atoms. The highest BCUT2D eigenvalue weighted by Gasteiger charge is 2.35. The molecule has 2 atom stereocenters. The van der Waals surface area contributed by atoms with Crippen molar-refractivity contribution in [1.29, 1.82) is 4.78 Å². The molecule has 0 aliphatic carbocycles. The van der Waals surface area contributed by atoms with Gasteiger partial charge in [0.15, 0.2) is 23.3 Å². The molecule has 0 saturated heterocycles. The molecule has 4 aromatic rings. The molecule has 1 amide bonds. The number of hydrogen-bond donors (Lipinski definition) is 1. The molecule has 1 unspecified atom stereocenters. The average molecular weight is 510 g/mol. The number of anilines is 1. The van der Waals surface area contributed by atoms with Crippen molar-refractivity contribution in [2.24, 2.45) is 0 Å². The van der Waals surface area contributed by atoms with Gasteiger partial charge in [-0.1, -0.05) is 12.1 Å². The van der Waals surface area contributed by atoms with Gasteiger partial charge in [-0.25, -0.2) is 23.3 Å². The van der Waals surface area contributed by atoms with E-state index in [9.17, 15) is 9.00 Å². The zero-order chi connectivity index (χ0) is 25.8. The summed E-state index contributed by atoms with van der Waals surface area (Å²) in [5.74, 6) is -0.585. The maximum atomic E-state index is 15.3. The molecule has 0 spiro atoms. The number of fused-ring (bicyclic) bond motifs is 2. The minimum absolute atomic E-state index is 0.0208. The van der Waals surface area contributed by atoms with E-state index in [0.29, 0.717) is 38.9 Å². The number of nitrogens with one attached hydrogen (secondary N) is 1. The summed E-state index contributed by atoms with van der Waals surface area (Å²) in [5, 5.41) is 0. The summed E-state index contributed by atoms with van der Waals surface area (Å²) in [6, 6.07) is 9.60. The SMILES string of the molecule is COc1cn2c(CN3C(=O)[C@@H](C)Oc4c(F)cc(-c5cccc(S(C)(=N)=O)c5)cc43)c(C)nc2cn1. The van der Waals surface area contributed by atoms with Crippen LogP contribution in [0, 0.1) is 17.5 Å². The van der Waals surface area contributed by atoms with E-state index in [1.807, 2.05) is 6.92 Å². The summed E-state index contributed by atoms with van der Waals surface area (Å²) in [6.45, 7) is 3.52. The van der Waals surface area contributed by atoms with Gasteiger partial charge >= 0.3 is 0 Å². The Morgan fingerprint density at radius 2 is 2.03 bits per heavy atom. The van der Waals surface area contributed by atoms with Gasteiger partial charge in [-0.2, -0.15) is 0 Å². The van der Waals surface area contributed by atoms with Crippen LogP contribution >= 0.6 is 0 Å². The third kappa shape index (κ3) is 4.05. The van der Waals surface area contributed by atoms with Crippen LogP contribution in [0.25, 0.3) is 16.8 Å². The summed E-state index contributed by atoms with van der Waals surface area (Å²) >= 11 is 0. The average Bonchev–Trinajstić information content (AvgIpc) is 3.15. The molecular weight excluding hydrogens is 485 g/mol. The molecule has 3 heterocycles. The number of carbonyl (C=O) groups excluding carboxylic acids is 1. The van der Waals surface area contributed by atoms with Crippen LogP contribution in [0.2, 0.25) is 0 Å². The fourth-order valence-corrected chi connectivity index (χ4v) is 4.95. The molecule has 2 aromatic carbocycles. The van der Waals surface area contributed by atoms with Crippen LogP contribution in [0.4, 0.5) is 10.1 Å². The second-order valence-corrected chi connectivity index (χ2v) is 10.8.